The molecule has 0 bridgehead atoms. The fourth-order valence-electron chi connectivity index (χ4n) is 1.39. The SMILES string of the molecule is CCCN(CC(=O)NC)C(=O)NC(CC(=O)O)C(=O)O. The monoisotopic (exact) mass is 289 g/mol. The lowest BCUT2D eigenvalue weighted by Gasteiger charge is -2.23. The van der Waals surface area contributed by atoms with Gasteiger partial charge in [0.25, 0.3) is 0 Å². The van der Waals surface area contributed by atoms with E-state index in [4.69, 9.17) is 10.2 Å². The van der Waals surface area contributed by atoms with Gasteiger partial charge in [0, 0.05) is 13.6 Å². The average Bonchev–Trinajstić information content (AvgIpc) is 2.36. The van der Waals surface area contributed by atoms with E-state index in [0.717, 1.165) is 4.90 Å². The molecule has 9 nitrogen and oxygen atoms in total. The number of carbonyl (C=O) groups excluding carboxylic acids is 2. The molecule has 0 heterocycles. The van der Waals surface area contributed by atoms with Gasteiger partial charge in [0.1, 0.15) is 12.6 Å². The average molecular weight is 289 g/mol. The van der Waals surface area contributed by atoms with Crippen molar-refractivity contribution in [1.29, 1.82) is 0 Å². The first kappa shape index (κ1) is 17.7. The first-order valence-corrected chi connectivity index (χ1v) is 6.02. The predicted octanol–water partition coefficient (Wildman–Crippen LogP) is -0.918. The topological polar surface area (TPSA) is 136 Å². The van der Waals surface area contributed by atoms with E-state index in [0.29, 0.717) is 6.42 Å². The van der Waals surface area contributed by atoms with E-state index in [1.165, 1.54) is 7.05 Å². The molecule has 0 aliphatic carbocycles. The molecule has 0 saturated heterocycles. The summed E-state index contributed by atoms with van der Waals surface area (Å²) >= 11 is 0. The van der Waals surface area contributed by atoms with Gasteiger partial charge in [-0.05, 0) is 6.42 Å². The van der Waals surface area contributed by atoms with Crippen LogP contribution < -0.4 is 10.6 Å². The van der Waals surface area contributed by atoms with Gasteiger partial charge in [-0.1, -0.05) is 6.92 Å². The second kappa shape index (κ2) is 8.73. The standard InChI is InChI=1S/C11H19N3O6/c1-3-4-14(6-8(15)12-2)11(20)13-7(10(18)19)5-9(16)17/h7H,3-6H2,1-2H3,(H,12,15)(H,13,20)(H,16,17)(H,18,19). The summed E-state index contributed by atoms with van der Waals surface area (Å²) in [5.74, 6) is -3.19. The van der Waals surface area contributed by atoms with E-state index in [9.17, 15) is 19.2 Å². The van der Waals surface area contributed by atoms with Gasteiger partial charge in [-0.2, -0.15) is 0 Å². The summed E-state index contributed by atoms with van der Waals surface area (Å²) in [5, 5.41) is 21.8. The van der Waals surface area contributed by atoms with Crippen molar-refractivity contribution in [1.82, 2.24) is 15.5 Å². The highest BCUT2D eigenvalue weighted by Crippen LogP contribution is 1.98. The van der Waals surface area contributed by atoms with E-state index < -0.39 is 36.3 Å². The van der Waals surface area contributed by atoms with E-state index in [-0.39, 0.29) is 13.1 Å². The molecule has 1 unspecified atom stereocenters. The summed E-state index contributed by atoms with van der Waals surface area (Å²) in [6, 6.07) is -2.33. The van der Waals surface area contributed by atoms with Gasteiger partial charge in [-0.15, -0.1) is 0 Å². The Bertz CT molecular complexity index is 384. The lowest BCUT2D eigenvalue weighted by atomic mass is 10.2. The van der Waals surface area contributed by atoms with Gasteiger partial charge < -0.3 is 25.7 Å². The summed E-state index contributed by atoms with van der Waals surface area (Å²) in [4.78, 5) is 45.6. The summed E-state index contributed by atoms with van der Waals surface area (Å²) in [5.41, 5.74) is 0. The Kier molecular flexibility index (Phi) is 7.71. The molecule has 0 aromatic rings. The van der Waals surface area contributed by atoms with Crippen molar-refractivity contribution >= 4 is 23.9 Å². The molecule has 114 valence electrons. The highest BCUT2D eigenvalue weighted by Gasteiger charge is 2.26. The number of aliphatic carboxylic acids is 2. The molecule has 0 spiro atoms. The number of nitrogens with zero attached hydrogens (tertiary/aromatic N) is 1. The molecule has 20 heavy (non-hydrogen) atoms. The first-order chi connectivity index (χ1) is 9.31. The molecule has 0 rings (SSSR count). The van der Waals surface area contributed by atoms with Gasteiger partial charge in [0.05, 0.1) is 6.42 Å². The van der Waals surface area contributed by atoms with Crippen LogP contribution in [-0.4, -0.2) is 65.2 Å². The molecule has 0 saturated carbocycles. The van der Waals surface area contributed by atoms with Crippen LogP contribution in [0.3, 0.4) is 0 Å². The van der Waals surface area contributed by atoms with E-state index in [2.05, 4.69) is 10.6 Å². The van der Waals surface area contributed by atoms with Crippen LogP contribution in [0, 0.1) is 0 Å². The summed E-state index contributed by atoms with van der Waals surface area (Å²) < 4.78 is 0. The fourth-order valence-corrected chi connectivity index (χ4v) is 1.39. The number of nitrogens with one attached hydrogen (secondary N) is 2. The molecule has 0 aliphatic rings. The Morgan fingerprint density at radius 1 is 1.20 bits per heavy atom. The molecule has 0 aromatic carbocycles. The summed E-state index contributed by atoms with van der Waals surface area (Å²) in [7, 11) is 1.41. The van der Waals surface area contributed by atoms with Crippen molar-refractivity contribution in [3.63, 3.8) is 0 Å². The van der Waals surface area contributed by atoms with Crippen LogP contribution in [0.25, 0.3) is 0 Å². The number of urea groups is 1. The Balaban J connectivity index is 4.74. The summed E-state index contributed by atoms with van der Waals surface area (Å²) in [6.07, 6.45) is -0.165. The molecular formula is C11H19N3O6. The molecule has 1 atom stereocenters. The Labute approximate surface area is 115 Å². The minimum Gasteiger partial charge on any atom is -0.481 e. The minimum atomic E-state index is -1.54. The second-order valence-electron chi connectivity index (χ2n) is 4.03. The lowest BCUT2D eigenvalue weighted by molar-refractivity contribution is -0.145. The van der Waals surface area contributed by atoms with Crippen LogP contribution in [-0.2, 0) is 14.4 Å². The summed E-state index contributed by atoms with van der Waals surface area (Å²) in [6.45, 7) is 1.81. The van der Waals surface area contributed by atoms with Gasteiger partial charge in [0.2, 0.25) is 5.91 Å². The number of carbonyl (C=O) groups is 4. The van der Waals surface area contributed by atoms with Crippen molar-refractivity contribution in [3.8, 4) is 0 Å². The van der Waals surface area contributed by atoms with Crippen molar-refractivity contribution in [3.05, 3.63) is 0 Å². The maximum atomic E-state index is 11.9. The fraction of sp³-hybridized carbons (Fsp3) is 0.636. The number of carboxylic acid groups (broad SMARTS) is 2. The zero-order valence-corrected chi connectivity index (χ0v) is 11.4. The first-order valence-electron chi connectivity index (χ1n) is 6.02. The molecular weight excluding hydrogens is 270 g/mol. The van der Waals surface area contributed by atoms with E-state index in [1.807, 2.05) is 0 Å². The highest BCUT2D eigenvalue weighted by molar-refractivity contribution is 5.88. The number of rotatable bonds is 8. The quantitative estimate of drug-likeness (QED) is 0.456. The number of carboxylic acids is 2. The molecule has 3 amide bonds. The normalized spacial score (nSPS) is 11.3. The number of hydrogen-bond acceptors (Lipinski definition) is 4. The molecule has 0 radical (unpaired) electrons. The molecule has 0 fully saturated rings. The van der Waals surface area contributed by atoms with Crippen LogP contribution in [0.1, 0.15) is 19.8 Å². The second-order valence-corrected chi connectivity index (χ2v) is 4.03. The van der Waals surface area contributed by atoms with E-state index >= 15 is 0 Å². The number of hydrogen-bond donors (Lipinski definition) is 4. The molecule has 0 aliphatic heterocycles. The smallest absolute Gasteiger partial charge is 0.326 e. The van der Waals surface area contributed by atoms with Crippen LogP contribution in [0.15, 0.2) is 0 Å². The van der Waals surface area contributed by atoms with Crippen LogP contribution in [0.2, 0.25) is 0 Å². The molecule has 0 aromatic heterocycles. The van der Waals surface area contributed by atoms with Crippen LogP contribution in [0.5, 0.6) is 0 Å². The van der Waals surface area contributed by atoms with Crippen LogP contribution in [0.4, 0.5) is 4.79 Å². The third-order valence-electron chi connectivity index (χ3n) is 2.37. The van der Waals surface area contributed by atoms with Crippen molar-refractivity contribution in [2.75, 3.05) is 20.1 Å². The van der Waals surface area contributed by atoms with Crippen LogP contribution >= 0.6 is 0 Å². The third kappa shape index (κ3) is 6.57. The Morgan fingerprint density at radius 2 is 1.80 bits per heavy atom. The minimum absolute atomic E-state index is 0.227. The van der Waals surface area contributed by atoms with Gasteiger partial charge >= 0.3 is 18.0 Å². The maximum absolute atomic E-state index is 11.9. The largest absolute Gasteiger partial charge is 0.481 e. The number of likely N-dealkylation sites (N-methyl/N-ethyl adjacent to an activating group) is 1. The lowest BCUT2D eigenvalue weighted by Crippen LogP contribution is -2.51. The molecule has 4 N–H and O–H groups in total. The van der Waals surface area contributed by atoms with Gasteiger partial charge in [-0.3, -0.25) is 9.59 Å². The van der Waals surface area contributed by atoms with Gasteiger partial charge in [-0.25, -0.2) is 9.59 Å². The third-order valence-corrected chi connectivity index (χ3v) is 2.37. The molecule has 9 heteroatoms. The Hall–Kier alpha value is -2.32. The highest BCUT2D eigenvalue weighted by atomic mass is 16.4. The van der Waals surface area contributed by atoms with E-state index in [1.54, 1.807) is 6.92 Å². The van der Waals surface area contributed by atoms with Crippen molar-refractivity contribution in [2.24, 2.45) is 0 Å². The maximum Gasteiger partial charge on any atom is 0.326 e. The zero-order valence-electron chi connectivity index (χ0n) is 11.4. The number of amides is 3. The predicted molar refractivity (Wildman–Crippen MR) is 68.1 cm³/mol. The zero-order chi connectivity index (χ0) is 15.7. The van der Waals surface area contributed by atoms with Crippen molar-refractivity contribution in [2.45, 2.75) is 25.8 Å². The Morgan fingerprint density at radius 3 is 2.20 bits per heavy atom. The van der Waals surface area contributed by atoms with Crippen molar-refractivity contribution < 1.29 is 29.4 Å². The van der Waals surface area contributed by atoms with Gasteiger partial charge in [0.15, 0.2) is 0 Å².